The van der Waals surface area contributed by atoms with Crippen LogP contribution < -0.4 is 5.32 Å². The van der Waals surface area contributed by atoms with Gasteiger partial charge in [-0.25, -0.2) is 0 Å². The van der Waals surface area contributed by atoms with Crippen molar-refractivity contribution in [1.29, 1.82) is 0 Å². The number of piperidine rings is 1. The van der Waals surface area contributed by atoms with Crippen molar-refractivity contribution in [2.24, 2.45) is 5.92 Å². The molecule has 0 bridgehead atoms. The lowest BCUT2D eigenvalue weighted by molar-refractivity contribution is 0.0751. The average Bonchev–Trinajstić information content (AvgIpc) is 2.40. The molecule has 1 unspecified atom stereocenters. The van der Waals surface area contributed by atoms with Gasteiger partial charge in [-0.05, 0) is 50.3 Å². The number of hydrogen-bond acceptors (Lipinski definition) is 2. The Balaban J connectivity index is 1.83. The smallest absolute Gasteiger partial charge is 0.0614 e. The molecule has 1 aromatic carbocycles. The van der Waals surface area contributed by atoms with Crippen LogP contribution in [0.4, 0.5) is 0 Å². The van der Waals surface area contributed by atoms with Gasteiger partial charge in [0, 0.05) is 7.11 Å². The number of methoxy groups -OCH3 is 1. The zero-order valence-electron chi connectivity index (χ0n) is 10.7. The molecule has 2 heteroatoms. The summed E-state index contributed by atoms with van der Waals surface area (Å²) in [5, 5.41) is 3.41. The van der Waals surface area contributed by atoms with E-state index in [1.807, 2.05) is 7.11 Å². The van der Waals surface area contributed by atoms with E-state index in [2.05, 4.69) is 35.6 Å². The highest BCUT2D eigenvalue weighted by Gasteiger charge is 2.18. The molecule has 17 heavy (non-hydrogen) atoms. The van der Waals surface area contributed by atoms with E-state index in [-0.39, 0.29) is 0 Å². The van der Waals surface area contributed by atoms with Crippen LogP contribution in [0.1, 0.15) is 24.8 Å². The summed E-state index contributed by atoms with van der Waals surface area (Å²) in [7, 11) is 1.84. The van der Waals surface area contributed by atoms with Crippen LogP contribution in [0.15, 0.2) is 30.3 Å². The van der Waals surface area contributed by atoms with Gasteiger partial charge in [0.2, 0.25) is 0 Å². The molecule has 0 saturated carbocycles. The van der Waals surface area contributed by atoms with Gasteiger partial charge in [0.25, 0.3) is 0 Å². The molecule has 1 aliphatic rings. The number of hydrogen-bond donors (Lipinski definition) is 1. The minimum atomic E-state index is 0.375. The number of nitrogens with one attached hydrogen (secondary N) is 1. The SMILES string of the molecule is COC(Cc1ccccc1)CC1CCNCC1. The van der Waals surface area contributed by atoms with Crippen LogP contribution in [0.5, 0.6) is 0 Å². The first-order valence-corrected chi connectivity index (χ1v) is 6.66. The highest BCUT2D eigenvalue weighted by Crippen LogP contribution is 2.21. The molecule has 1 N–H and O–H groups in total. The molecule has 1 heterocycles. The highest BCUT2D eigenvalue weighted by atomic mass is 16.5. The summed E-state index contributed by atoms with van der Waals surface area (Å²) in [6.45, 7) is 2.35. The Hall–Kier alpha value is -0.860. The van der Waals surface area contributed by atoms with Crippen molar-refractivity contribution in [2.75, 3.05) is 20.2 Å². The fourth-order valence-electron chi connectivity index (χ4n) is 2.63. The Morgan fingerprint density at radius 3 is 2.59 bits per heavy atom. The molecule has 1 fully saturated rings. The van der Waals surface area contributed by atoms with E-state index in [0.29, 0.717) is 6.10 Å². The molecule has 0 aromatic heterocycles. The zero-order chi connectivity index (χ0) is 11.9. The second-order valence-corrected chi connectivity index (χ2v) is 4.98. The van der Waals surface area contributed by atoms with Gasteiger partial charge in [0.1, 0.15) is 0 Å². The lowest BCUT2D eigenvalue weighted by Gasteiger charge is -2.26. The minimum Gasteiger partial charge on any atom is -0.381 e. The molecular weight excluding hydrogens is 210 g/mol. The van der Waals surface area contributed by atoms with Gasteiger partial charge in [0.05, 0.1) is 6.10 Å². The lowest BCUT2D eigenvalue weighted by atomic mass is 9.90. The molecular formula is C15H23NO. The summed E-state index contributed by atoms with van der Waals surface area (Å²) >= 11 is 0. The second-order valence-electron chi connectivity index (χ2n) is 4.98. The van der Waals surface area contributed by atoms with Crippen LogP contribution in [0.25, 0.3) is 0 Å². The van der Waals surface area contributed by atoms with Crippen molar-refractivity contribution in [1.82, 2.24) is 5.32 Å². The predicted molar refractivity (Wildman–Crippen MR) is 71.2 cm³/mol. The largest absolute Gasteiger partial charge is 0.381 e. The Morgan fingerprint density at radius 2 is 1.94 bits per heavy atom. The van der Waals surface area contributed by atoms with Gasteiger partial charge in [-0.3, -0.25) is 0 Å². The summed E-state index contributed by atoms with van der Waals surface area (Å²) < 4.78 is 5.64. The molecule has 94 valence electrons. The summed E-state index contributed by atoms with van der Waals surface area (Å²) in [4.78, 5) is 0. The first-order chi connectivity index (χ1) is 8.38. The van der Waals surface area contributed by atoms with Crippen molar-refractivity contribution < 1.29 is 4.74 Å². The molecule has 1 aliphatic heterocycles. The summed E-state index contributed by atoms with van der Waals surface area (Å²) in [6.07, 6.45) is 5.22. The van der Waals surface area contributed by atoms with E-state index in [1.165, 1.54) is 37.9 Å². The maximum atomic E-state index is 5.64. The fraction of sp³-hybridized carbons (Fsp3) is 0.600. The predicted octanol–water partition coefficient (Wildman–Crippen LogP) is 2.63. The van der Waals surface area contributed by atoms with E-state index in [1.54, 1.807) is 0 Å². The van der Waals surface area contributed by atoms with Crippen LogP contribution in [0, 0.1) is 5.92 Å². The number of rotatable bonds is 5. The normalized spacial score (nSPS) is 19.1. The third kappa shape index (κ3) is 4.14. The Bertz CT molecular complexity index is 306. The molecule has 1 atom stereocenters. The molecule has 0 radical (unpaired) electrons. The molecule has 1 saturated heterocycles. The standard InChI is InChI=1S/C15H23NO/c1-17-15(11-13-5-3-2-4-6-13)12-14-7-9-16-10-8-14/h2-6,14-16H,7-12H2,1H3. The molecule has 1 aromatic rings. The summed E-state index contributed by atoms with van der Waals surface area (Å²) in [5.74, 6) is 0.838. The van der Waals surface area contributed by atoms with Crippen molar-refractivity contribution in [3.8, 4) is 0 Å². The van der Waals surface area contributed by atoms with Crippen molar-refractivity contribution in [3.63, 3.8) is 0 Å². The zero-order valence-corrected chi connectivity index (χ0v) is 10.7. The van der Waals surface area contributed by atoms with E-state index in [9.17, 15) is 0 Å². The maximum absolute atomic E-state index is 5.64. The van der Waals surface area contributed by atoms with Crippen molar-refractivity contribution in [3.05, 3.63) is 35.9 Å². The fourth-order valence-corrected chi connectivity index (χ4v) is 2.63. The topological polar surface area (TPSA) is 21.3 Å². The Morgan fingerprint density at radius 1 is 1.24 bits per heavy atom. The van der Waals surface area contributed by atoms with Gasteiger partial charge in [-0.2, -0.15) is 0 Å². The molecule has 0 aliphatic carbocycles. The van der Waals surface area contributed by atoms with Gasteiger partial charge in [0.15, 0.2) is 0 Å². The first kappa shape index (κ1) is 12.6. The van der Waals surface area contributed by atoms with Gasteiger partial charge in [-0.1, -0.05) is 30.3 Å². The molecule has 2 rings (SSSR count). The van der Waals surface area contributed by atoms with Crippen LogP contribution in [0.2, 0.25) is 0 Å². The maximum Gasteiger partial charge on any atom is 0.0614 e. The van der Waals surface area contributed by atoms with Gasteiger partial charge >= 0.3 is 0 Å². The van der Waals surface area contributed by atoms with E-state index in [4.69, 9.17) is 4.74 Å². The third-order valence-corrected chi connectivity index (χ3v) is 3.69. The van der Waals surface area contributed by atoms with Crippen LogP contribution in [-0.4, -0.2) is 26.3 Å². The van der Waals surface area contributed by atoms with E-state index >= 15 is 0 Å². The van der Waals surface area contributed by atoms with E-state index < -0.39 is 0 Å². The van der Waals surface area contributed by atoms with E-state index in [0.717, 1.165) is 12.3 Å². The van der Waals surface area contributed by atoms with Gasteiger partial charge < -0.3 is 10.1 Å². The second kappa shape index (κ2) is 6.77. The van der Waals surface area contributed by atoms with Crippen molar-refractivity contribution >= 4 is 0 Å². The lowest BCUT2D eigenvalue weighted by Crippen LogP contribution is -2.30. The average molecular weight is 233 g/mol. The number of benzene rings is 1. The Kier molecular flexibility index (Phi) is 5.02. The third-order valence-electron chi connectivity index (χ3n) is 3.69. The van der Waals surface area contributed by atoms with Crippen molar-refractivity contribution in [2.45, 2.75) is 31.8 Å². The minimum absolute atomic E-state index is 0.375. The number of ether oxygens (including phenoxy) is 1. The molecule has 2 nitrogen and oxygen atoms in total. The van der Waals surface area contributed by atoms with Gasteiger partial charge in [-0.15, -0.1) is 0 Å². The van der Waals surface area contributed by atoms with Crippen LogP contribution in [-0.2, 0) is 11.2 Å². The first-order valence-electron chi connectivity index (χ1n) is 6.66. The van der Waals surface area contributed by atoms with Crippen LogP contribution >= 0.6 is 0 Å². The summed E-state index contributed by atoms with van der Waals surface area (Å²) in [6, 6.07) is 10.7. The summed E-state index contributed by atoms with van der Waals surface area (Å²) in [5.41, 5.74) is 1.38. The monoisotopic (exact) mass is 233 g/mol. The van der Waals surface area contributed by atoms with Crippen LogP contribution in [0.3, 0.4) is 0 Å². The molecule has 0 spiro atoms. The highest BCUT2D eigenvalue weighted by molar-refractivity contribution is 5.15. The molecule has 0 amide bonds. The quantitative estimate of drug-likeness (QED) is 0.844. The Labute approximate surface area is 104 Å².